The van der Waals surface area contributed by atoms with Crippen LogP contribution in [0.15, 0.2) is 91.3 Å². The van der Waals surface area contributed by atoms with E-state index >= 15 is 0 Å². The van der Waals surface area contributed by atoms with Crippen LogP contribution in [0, 0.1) is 0 Å². The van der Waals surface area contributed by atoms with Crippen LogP contribution in [-0.2, 0) is 45.6 Å². The summed E-state index contributed by atoms with van der Waals surface area (Å²) in [5.74, 6) is 0.431. The second-order valence-electron chi connectivity index (χ2n) is 11.6. The van der Waals surface area contributed by atoms with Gasteiger partial charge >= 0.3 is 0 Å². The van der Waals surface area contributed by atoms with Gasteiger partial charge in [0.1, 0.15) is 12.4 Å². The minimum absolute atomic E-state index is 0.00312. The number of anilines is 2. The molecule has 43 heavy (non-hydrogen) atoms. The molecule has 3 aromatic carbocycles. The van der Waals surface area contributed by atoms with E-state index in [1.165, 1.54) is 0 Å². The summed E-state index contributed by atoms with van der Waals surface area (Å²) in [4.78, 5) is 45.2. The van der Waals surface area contributed by atoms with Gasteiger partial charge < -0.3 is 20.1 Å². The first-order chi connectivity index (χ1) is 20.8. The molecule has 214 valence electrons. The SMILES string of the molecule is CN(C)C(=O)Cc1cn(CC(=O)Nc2ccc3c(c2)CC2(C3)C(=O)Nc3ncccc32)c2cccc(-c3ccccc3)c12. The fourth-order valence-corrected chi connectivity index (χ4v) is 6.58. The lowest BCUT2D eigenvalue weighted by atomic mass is 9.79. The van der Waals surface area contributed by atoms with E-state index in [0.717, 1.165) is 44.3 Å². The number of likely N-dealkylation sites (N-methyl/N-ethyl adjacent to an activating group) is 1. The zero-order valence-corrected chi connectivity index (χ0v) is 24.1. The summed E-state index contributed by atoms with van der Waals surface area (Å²) >= 11 is 0. The molecule has 1 aliphatic heterocycles. The van der Waals surface area contributed by atoms with Crippen LogP contribution >= 0.6 is 0 Å². The molecule has 2 N–H and O–H groups in total. The van der Waals surface area contributed by atoms with Crippen molar-refractivity contribution in [1.82, 2.24) is 14.5 Å². The first kappa shape index (κ1) is 26.6. The van der Waals surface area contributed by atoms with E-state index < -0.39 is 5.41 Å². The number of rotatable bonds is 6. The van der Waals surface area contributed by atoms with Gasteiger partial charge in [-0.05, 0) is 64.9 Å². The predicted molar refractivity (Wildman–Crippen MR) is 167 cm³/mol. The van der Waals surface area contributed by atoms with E-state index in [-0.39, 0.29) is 30.7 Å². The van der Waals surface area contributed by atoms with Crippen molar-refractivity contribution in [2.75, 3.05) is 24.7 Å². The van der Waals surface area contributed by atoms with Gasteiger partial charge in [-0.1, -0.05) is 54.6 Å². The summed E-state index contributed by atoms with van der Waals surface area (Å²) in [7, 11) is 3.50. The highest BCUT2D eigenvalue weighted by molar-refractivity contribution is 6.06. The highest BCUT2D eigenvalue weighted by atomic mass is 16.2. The molecule has 2 aromatic heterocycles. The maximum absolute atomic E-state index is 13.4. The van der Waals surface area contributed by atoms with Crippen LogP contribution in [0.4, 0.5) is 11.5 Å². The molecule has 3 amide bonds. The van der Waals surface area contributed by atoms with Crippen molar-refractivity contribution >= 4 is 40.1 Å². The molecule has 7 rings (SSSR count). The number of hydrogen-bond acceptors (Lipinski definition) is 4. The summed E-state index contributed by atoms with van der Waals surface area (Å²) in [6.45, 7) is 0.0906. The van der Waals surface area contributed by atoms with Gasteiger partial charge in [-0.25, -0.2) is 4.98 Å². The third kappa shape index (κ3) is 4.55. The monoisotopic (exact) mass is 569 g/mol. The standard InChI is InChI=1S/C35H31N5O3/c1-39(2)31(42)17-25-20-40(29-12-6-10-27(32(25)29)22-8-4-3-5-9-22)21-30(41)37-26-14-13-23-18-35(19-24(23)16-26)28-11-7-15-36-33(28)38-34(35)43/h3-16,20H,17-19,21H2,1-2H3,(H,37,41)(H,36,38,43). The highest BCUT2D eigenvalue weighted by Gasteiger charge is 2.51. The minimum atomic E-state index is -0.657. The van der Waals surface area contributed by atoms with Crippen molar-refractivity contribution in [2.45, 2.75) is 31.2 Å². The van der Waals surface area contributed by atoms with Gasteiger partial charge in [0, 0.05) is 48.6 Å². The van der Waals surface area contributed by atoms with Crippen LogP contribution in [0.5, 0.6) is 0 Å². The Labute approximate surface area is 249 Å². The number of hydrogen-bond donors (Lipinski definition) is 2. The first-order valence-corrected chi connectivity index (χ1v) is 14.4. The molecule has 1 unspecified atom stereocenters. The van der Waals surface area contributed by atoms with E-state index in [1.807, 2.05) is 71.4 Å². The second-order valence-corrected chi connectivity index (χ2v) is 11.6. The van der Waals surface area contributed by atoms with Crippen molar-refractivity contribution in [2.24, 2.45) is 0 Å². The summed E-state index contributed by atoms with van der Waals surface area (Å²) in [5, 5.41) is 6.98. The lowest BCUT2D eigenvalue weighted by Gasteiger charge is -2.20. The molecule has 0 saturated carbocycles. The maximum atomic E-state index is 13.4. The zero-order valence-electron chi connectivity index (χ0n) is 24.1. The Bertz CT molecular complexity index is 1930. The Morgan fingerprint density at radius 1 is 0.977 bits per heavy atom. The number of nitrogens with zero attached hydrogens (tertiary/aromatic N) is 3. The quantitative estimate of drug-likeness (QED) is 0.302. The number of nitrogens with one attached hydrogen (secondary N) is 2. The Morgan fingerprint density at radius 3 is 2.60 bits per heavy atom. The van der Waals surface area contributed by atoms with Crippen molar-refractivity contribution in [3.63, 3.8) is 0 Å². The molecular weight excluding hydrogens is 538 g/mol. The smallest absolute Gasteiger partial charge is 0.244 e. The van der Waals surface area contributed by atoms with Crippen molar-refractivity contribution in [1.29, 1.82) is 0 Å². The maximum Gasteiger partial charge on any atom is 0.244 e. The molecule has 1 aliphatic carbocycles. The van der Waals surface area contributed by atoms with Crippen LogP contribution in [0.2, 0.25) is 0 Å². The molecule has 1 atom stereocenters. The Kier molecular flexibility index (Phi) is 6.34. The van der Waals surface area contributed by atoms with Crippen LogP contribution < -0.4 is 10.6 Å². The fourth-order valence-electron chi connectivity index (χ4n) is 6.58. The van der Waals surface area contributed by atoms with Crippen LogP contribution in [0.25, 0.3) is 22.0 Å². The summed E-state index contributed by atoms with van der Waals surface area (Å²) in [6.07, 6.45) is 5.02. The number of pyridine rings is 1. The Morgan fingerprint density at radius 2 is 1.79 bits per heavy atom. The molecule has 0 fully saturated rings. The largest absolute Gasteiger partial charge is 0.349 e. The van der Waals surface area contributed by atoms with Gasteiger partial charge in [0.2, 0.25) is 17.7 Å². The molecule has 8 heteroatoms. The molecule has 3 heterocycles. The van der Waals surface area contributed by atoms with Gasteiger partial charge in [-0.3, -0.25) is 14.4 Å². The molecule has 0 bridgehead atoms. The van der Waals surface area contributed by atoms with Gasteiger partial charge in [0.15, 0.2) is 0 Å². The molecule has 0 saturated heterocycles. The number of fused-ring (bicyclic) bond motifs is 4. The van der Waals surface area contributed by atoms with Crippen LogP contribution in [-0.4, -0.2) is 46.3 Å². The number of aromatic nitrogens is 2. The average Bonchev–Trinajstić information content (AvgIpc) is 3.64. The van der Waals surface area contributed by atoms with Crippen molar-refractivity contribution < 1.29 is 14.4 Å². The normalized spacial score (nSPS) is 16.7. The molecule has 2 aliphatic rings. The summed E-state index contributed by atoms with van der Waals surface area (Å²) < 4.78 is 1.92. The molecule has 8 nitrogen and oxygen atoms in total. The zero-order chi connectivity index (χ0) is 29.7. The predicted octanol–water partition coefficient (Wildman–Crippen LogP) is 4.96. The van der Waals surface area contributed by atoms with Crippen LogP contribution in [0.3, 0.4) is 0 Å². The van der Waals surface area contributed by atoms with Crippen LogP contribution in [0.1, 0.15) is 22.3 Å². The van der Waals surface area contributed by atoms with E-state index in [9.17, 15) is 14.4 Å². The molecule has 0 radical (unpaired) electrons. The third-order valence-corrected chi connectivity index (χ3v) is 8.69. The average molecular weight is 570 g/mol. The van der Waals surface area contributed by atoms with Gasteiger partial charge in [0.05, 0.1) is 11.8 Å². The Hall–Kier alpha value is -5.24. The fraction of sp³-hybridized carbons (Fsp3) is 0.200. The van der Waals surface area contributed by atoms with E-state index in [2.05, 4.69) is 33.8 Å². The molecular formula is C35H31N5O3. The molecule has 5 aromatic rings. The second kappa shape index (κ2) is 10.2. The summed E-state index contributed by atoms with van der Waals surface area (Å²) in [5.41, 5.74) is 6.97. The van der Waals surface area contributed by atoms with Crippen molar-refractivity contribution in [3.8, 4) is 11.1 Å². The van der Waals surface area contributed by atoms with Gasteiger partial charge in [-0.15, -0.1) is 0 Å². The summed E-state index contributed by atoms with van der Waals surface area (Å²) in [6, 6.07) is 25.8. The van der Waals surface area contributed by atoms with Gasteiger partial charge in [-0.2, -0.15) is 0 Å². The first-order valence-electron chi connectivity index (χ1n) is 14.4. The number of benzene rings is 3. The number of amides is 3. The topological polar surface area (TPSA) is 96.3 Å². The molecule has 1 spiro atoms. The lowest BCUT2D eigenvalue weighted by Crippen LogP contribution is -2.35. The minimum Gasteiger partial charge on any atom is -0.349 e. The van der Waals surface area contributed by atoms with E-state index in [4.69, 9.17) is 0 Å². The highest BCUT2D eigenvalue weighted by Crippen LogP contribution is 2.47. The third-order valence-electron chi connectivity index (χ3n) is 8.69. The van der Waals surface area contributed by atoms with Gasteiger partial charge in [0.25, 0.3) is 0 Å². The lowest BCUT2D eigenvalue weighted by molar-refractivity contribution is -0.128. The Balaban J connectivity index is 1.16. The number of carbonyl (C=O) groups is 3. The van der Waals surface area contributed by atoms with E-state index in [1.54, 1.807) is 25.2 Å². The van der Waals surface area contributed by atoms with E-state index in [0.29, 0.717) is 24.3 Å². The van der Waals surface area contributed by atoms with Crippen molar-refractivity contribution in [3.05, 3.63) is 114 Å². The number of carbonyl (C=O) groups excluding carboxylic acids is 3.